The van der Waals surface area contributed by atoms with E-state index in [2.05, 4.69) is 20.2 Å². The molecule has 0 radical (unpaired) electrons. The fraction of sp³-hybridized carbons (Fsp3) is 0.400. The van der Waals surface area contributed by atoms with Crippen molar-refractivity contribution in [3.63, 3.8) is 0 Å². The van der Waals surface area contributed by atoms with Crippen LogP contribution in [0, 0.1) is 6.92 Å². The monoisotopic (exact) mass is 561 g/mol. The number of rotatable bonds is 11. The Hall–Kier alpha value is -3.37. The van der Waals surface area contributed by atoms with E-state index < -0.39 is 0 Å². The number of aromatic nitrogens is 4. The number of nitrogens with zero attached hydrogens (tertiary/aromatic N) is 5. The van der Waals surface area contributed by atoms with Crippen molar-refractivity contribution >= 4 is 28.6 Å². The number of benzene rings is 1. The highest BCUT2D eigenvalue weighted by Crippen LogP contribution is 2.31. The van der Waals surface area contributed by atoms with Gasteiger partial charge in [-0.2, -0.15) is 4.98 Å². The highest BCUT2D eigenvalue weighted by atomic mass is 35.5. The van der Waals surface area contributed by atoms with Crippen LogP contribution >= 0.6 is 11.6 Å². The summed E-state index contributed by atoms with van der Waals surface area (Å²) in [6, 6.07) is 13.4. The average Bonchev–Trinajstić information content (AvgIpc) is 2.97. The van der Waals surface area contributed by atoms with Crippen molar-refractivity contribution in [3.05, 3.63) is 69.7 Å². The molecule has 9 nitrogen and oxygen atoms in total. The number of ether oxygens (including phenoxy) is 1. The van der Waals surface area contributed by atoms with Crippen molar-refractivity contribution in [1.29, 1.82) is 0 Å². The van der Waals surface area contributed by atoms with Gasteiger partial charge in [0.05, 0.1) is 18.9 Å². The Morgan fingerprint density at radius 2 is 1.88 bits per heavy atom. The number of morpholine rings is 1. The van der Waals surface area contributed by atoms with Gasteiger partial charge in [0.15, 0.2) is 0 Å². The first-order valence-corrected chi connectivity index (χ1v) is 14.3. The first-order chi connectivity index (χ1) is 19.5. The summed E-state index contributed by atoms with van der Waals surface area (Å²) in [6.45, 7) is 8.31. The minimum Gasteiger partial charge on any atom is -0.379 e. The van der Waals surface area contributed by atoms with Crippen molar-refractivity contribution in [2.75, 3.05) is 51.3 Å². The van der Waals surface area contributed by atoms with E-state index in [0.717, 1.165) is 81.0 Å². The maximum atomic E-state index is 13.8. The third kappa shape index (κ3) is 6.67. The van der Waals surface area contributed by atoms with Gasteiger partial charge in [0.2, 0.25) is 5.95 Å². The van der Waals surface area contributed by atoms with Crippen molar-refractivity contribution in [1.82, 2.24) is 24.4 Å². The van der Waals surface area contributed by atoms with E-state index in [9.17, 15) is 4.79 Å². The molecule has 1 aromatic carbocycles. The van der Waals surface area contributed by atoms with Gasteiger partial charge in [0, 0.05) is 65.2 Å². The van der Waals surface area contributed by atoms with Crippen molar-refractivity contribution in [2.45, 2.75) is 32.7 Å². The molecule has 0 spiro atoms. The number of pyridine rings is 2. The molecule has 10 heteroatoms. The van der Waals surface area contributed by atoms with Crippen molar-refractivity contribution < 1.29 is 4.74 Å². The Balaban J connectivity index is 1.42. The molecule has 0 aliphatic carbocycles. The van der Waals surface area contributed by atoms with Crippen LogP contribution in [0.1, 0.15) is 25.0 Å². The van der Waals surface area contributed by atoms with E-state index in [1.807, 2.05) is 49.4 Å². The van der Waals surface area contributed by atoms with Gasteiger partial charge in [-0.3, -0.25) is 19.2 Å². The standard InChI is InChI=1S/C30H36ClN7O2/c1-21-6-4-7-27(35-21)22-8-9-24(26(31)19-22)25-18-23-20-34-30(33-11-5-12-37-14-16-40-17-15-37)36-28(23)38(29(25)39)13-3-2-10-32/h4,6-9,18-20H,2-3,5,10-17,32H2,1H3,(H,33,34,36). The topological polar surface area (TPSA) is 111 Å². The zero-order valence-electron chi connectivity index (χ0n) is 22.9. The smallest absolute Gasteiger partial charge is 0.260 e. The second-order valence-electron chi connectivity index (χ2n) is 10.1. The summed E-state index contributed by atoms with van der Waals surface area (Å²) in [7, 11) is 0. The number of hydrogen-bond acceptors (Lipinski definition) is 8. The van der Waals surface area contributed by atoms with Gasteiger partial charge in [-0.25, -0.2) is 4.98 Å². The molecular weight excluding hydrogens is 526 g/mol. The molecule has 0 atom stereocenters. The van der Waals surface area contributed by atoms with Crippen molar-refractivity contribution in [2.24, 2.45) is 5.73 Å². The van der Waals surface area contributed by atoms with E-state index in [4.69, 9.17) is 27.1 Å². The molecule has 4 aromatic rings. The van der Waals surface area contributed by atoms with Gasteiger partial charge in [-0.15, -0.1) is 0 Å². The summed E-state index contributed by atoms with van der Waals surface area (Å²) in [5.74, 6) is 0.516. The number of nitrogens with two attached hydrogens (primary N) is 1. The summed E-state index contributed by atoms with van der Waals surface area (Å²) >= 11 is 6.76. The molecule has 0 bridgehead atoms. The SMILES string of the molecule is Cc1cccc(-c2ccc(-c3cc4cnc(NCCCN5CCOCC5)nc4n(CCCCN)c3=O)c(Cl)c2)n1. The first-order valence-electron chi connectivity index (χ1n) is 13.9. The van der Waals surface area contributed by atoms with E-state index in [0.29, 0.717) is 40.8 Å². The number of unbranched alkanes of at least 4 members (excludes halogenated alkanes) is 1. The van der Waals surface area contributed by atoms with Gasteiger partial charge in [0.25, 0.3) is 5.56 Å². The van der Waals surface area contributed by atoms with E-state index in [-0.39, 0.29) is 5.56 Å². The lowest BCUT2D eigenvalue weighted by Gasteiger charge is -2.26. The molecule has 0 unspecified atom stereocenters. The summed E-state index contributed by atoms with van der Waals surface area (Å²) in [5, 5.41) is 4.60. The first kappa shape index (κ1) is 28.2. The van der Waals surface area contributed by atoms with Crippen molar-refractivity contribution in [3.8, 4) is 22.4 Å². The zero-order valence-corrected chi connectivity index (χ0v) is 23.7. The molecule has 1 saturated heterocycles. The normalized spacial score (nSPS) is 14.1. The molecule has 3 aromatic heterocycles. The fourth-order valence-corrected chi connectivity index (χ4v) is 5.27. The summed E-state index contributed by atoms with van der Waals surface area (Å²) < 4.78 is 7.15. The summed E-state index contributed by atoms with van der Waals surface area (Å²) in [4.78, 5) is 30.1. The molecule has 40 heavy (non-hydrogen) atoms. The van der Waals surface area contributed by atoms with E-state index >= 15 is 0 Å². The van der Waals surface area contributed by atoms with Crippen LogP contribution in [0.15, 0.2) is 53.5 Å². The molecule has 1 aliphatic rings. The Morgan fingerprint density at radius 3 is 2.65 bits per heavy atom. The van der Waals surface area contributed by atoms with Gasteiger partial charge in [-0.05, 0) is 63.5 Å². The zero-order chi connectivity index (χ0) is 27.9. The third-order valence-corrected chi connectivity index (χ3v) is 7.46. The molecule has 4 heterocycles. The Morgan fingerprint density at radius 1 is 1.02 bits per heavy atom. The van der Waals surface area contributed by atoms with Crippen LogP contribution in [-0.2, 0) is 11.3 Å². The molecular formula is C30H36ClN7O2. The highest BCUT2D eigenvalue weighted by Gasteiger charge is 2.17. The molecule has 0 saturated carbocycles. The van der Waals surface area contributed by atoms with Crippen LogP contribution in [0.5, 0.6) is 0 Å². The predicted molar refractivity (Wildman–Crippen MR) is 161 cm³/mol. The quantitative estimate of drug-likeness (QED) is 0.260. The lowest BCUT2D eigenvalue weighted by atomic mass is 10.0. The number of fused-ring (bicyclic) bond motifs is 1. The fourth-order valence-electron chi connectivity index (χ4n) is 4.98. The highest BCUT2D eigenvalue weighted by molar-refractivity contribution is 6.33. The lowest BCUT2D eigenvalue weighted by molar-refractivity contribution is 0.0378. The molecule has 210 valence electrons. The number of hydrogen-bond donors (Lipinski definition) is 2. The molecule has 1 aliphatic heterocycles. The van der Waals surface area contributed by atoms with Gasteiger partial charge < -0.3 is 15.8 Å². The van der Waals surface area contributed by atoms with Crippen LogP contribution in [0.25, 0.3) is 33.4 Å². The maximum absolute atomic E-state index is 13.8. The van der Waals surface area contributed by atoms with Crippen LogP contribution < -0.4 is 16.6 Å². The van der Waals surface area contributed by atoms with E-state index in [1.165, 1.54) is 0 Å². The Bertz CT molecular complexity index is 1520. The van der Waals surface area contributed by atoms with Gasteiger partial charge in [0.1, 0.15) is 5.65 Å². The molecule has 3 N–H and O–H groups in total. The number of aryl methyl sites for hydroxylation is 2. The van der Waals surface area contributed by atoms with Crippen LogP contribution in [-0.4, -0.2) is 70.4 Å². The lowest BCUT2D eigenvalue weighted by Crippen LogP contribution is -2.37. The summed E-state index contributed by atoms with van der Waals surface area (Å²) in [6.07, 6.45) is 4.33. The minimum atomic E-state index is -0.134. The van der Waals surface area contributed by atoms with E-state index in [1.54, 1.807) is 10.8 Å². The Kier molecular flexibility index (Phi) is 9.38. The molecule has 5 rings (SSSR count). The number of anilines is 1. The van der Waals surface area contributed by atoms with Crippen LogP contribution in [0.2, 0.25) is 5.02 Å². The number of nitrogens with one attached hydrogen (secondary N) is 1. The second kappa shape index (κ2) is 13.3. The maximum Gasteiger partial charge on any atom is 0.260 e. The predicted octanol–water partition coefficient (Wildman–Crippen LogP) is 4.36. The van der Waals surface area contributed by atoms with Crippen LogP contribution in [0.3, 0.4) is 0 Å². The third-order valence-electron chi connectivity index (χ3n) is 7.14. The van der Waals surface area contributed by atoms with Gasteiger partial charge >= 0.3 is 0 Å². The molecule has 0 amide bonds. The molecule has 1 fully saturated rings. The van der Waals surface area contributed by atoms with Crippen LogP contribution in [0.4, 0.5) is 5.95 Å². The Labute approximate surface area is 239 Å². The largest absolute Gasteiger partial charge is 0.379 e. The van der Waals surface area contributed by atoms with Gasteiger partial charge in [-0.1, -0.05) is 29.8 Å². The average molecular weight is 562 g/mol. The second-order valence-corrected chi connectivity index (χ2v) is 10.5. The summed E-state index contributed by atoms with van der Waals surface area (Å²) in [5.41, 5.74) is 10.1. The number of halogens is 1. The minimum absolute atomic E-state index is 0.134.